The molecule has 71 heavy (non-hydrogen) atoms. The van der Waals surface area contributed by atoms with Crippen molar-refractivity contribution in [1.29, 1.82) is 0 Å². The zero-order valence-corrected chi connectivity index (χ0v) is 47.5. The zero-order valence-electron chi connectivity index (χ0n) is 47.5. The molecule has 0 bridgehead atoms. The molecule has 0 aliphatic rings. The number of benzene rings is 6. The maximum Gasteiger partial charge on any atom is 0.211 e. The van der Waals surface area contributed by atoms with Crippen molar-refractivity contribution in [1.82, 2.24) is 0 Å². The van der Waals surface area contributed by atoms with E-state index in [9.17, 15) is 0 Å². The summed E-state index contributed by atoms with van der Waals surface area (Å²) < 4.78 is 5.75. The number of hydrogen-bond acceptors (Lipinski definition) is 1. The Labute approximate surface area is 432 Å². The fraction of sp³-hybridized carbons (Fsp3) is 0.377. The fourth-order valence-corrected chi connectivity index (χ4v) is 9.24. The first-order valence-electron chi connectivity index (χ1n) is 26.1. The van der Waals surface area contributed by atoms with Crippen LogP contribution in [0, 0.1) is 13.8 Å². The third kappa shape index (κ3) is 13.9. The highest BCUT2D eigenvalue weighted by Gasteiger charge is 2.27. The van der Waals surface area contributed by atoms with Crippen molar-refractivity contribution in [2.75, 3.05) is 7.11 Å². The lowest BCUT2D eigenvalue weighted by molar-refractivity contribution is -0.364. The van der Waals surface area contributed by atoms with Gasteiger partial charge in [0.15, 0.2) is 6.20 Å². The average molecular weight is 947 g/mol. The number of hydrogen-bond donors (Lipinski definition) is 0. The van der Waals surface area contributed by atoms with Crippen molar-refractivity contribution in [3.8, 4) is 50.4 Å². The van der Waals surface area contributed by atoms with E-state index < -0.39 is 0 Å². The van der Waals surface area contributed by atoms with Gasteiger partial charge in [-0.25, -0.2) is 4.98 Å². The van der Waals surface area contributed by atoms with E-state index in [1.54, 1.807) is 7.11 Å². The van der Waals surface area contributed by atoms with Crippen LogP contribution >= 0.6 is 0 Å². The SMILES string of the molecule is C/C=C(/C)c1cc(C(C)(C)C)cc(C(C)(C)C)c1OC.CC(C)c1ccc(C(C)(C)C)cc1-c1ccccc1.CCc1c(C)cccc1-c1cc(C(C)(C)C)cc(-c2cc(-c3ccccc3)cc[nH+]2)c1C. The molecule has 0 spiro atoms. The first kappa shape index (κ1) is 55.9. The van der Waals surface area contributed by atoms with E-state index in [0.717, 1.165) is 17.9 Å². The average Bonchev–Trinajstić information content (AvgIpc) is 3.32. The van der Waals surface area contributed by atoms with Crippen LogP contribution in [-0.4, -0.2) is 7.11 Å². The van der Waals surface area contributed by atoms with Crippen molar-refractivity contribution in [3.63, 3.8) is 0 Å². The van der Waals surface area contributed by atoms with Crippen molar-refractivity contribution >= 4 is 5.57 Å². The number of nitrogens with one attached hydrogen (secondary N) is 1. The van der Waals surface area contributed by atoms with Gasteiger partial charge in [0.2, 0.25) is 5.69 Å². The number of aromatic nitrogens is 1. The molecule has 7 aromatic rings. The lowest BCUT2D eigenvalue weighted by atomic mass is 9.78. The lowest BCUT2D eigenvalue weighted by Crippen LogP contribution is -2.18. The molecule has 374 valence electrons. The molecular formula is C69H88NO+. The topological polar surface area (TPSA) is 23.4 Å². The van der Waals surface area contributed by atoms with Crippen LogP contribution in [-0.2, 0) is 28.1 Å². The Morgan fingerprint density at radius 1 is 0.549 bits per heavy atom. The molecule has 0 saturated carbocycles. The second kappa shape index (κ2) is 23.0. The standard InChI is InChI=1S/C31H33N.C19H30O.C19H24/c1-7-26-21(2)12-11-15-27(26)28-19-25(31(4,5)6)20-29(22(28)3)30-18-24(16-17-32-30)23-13-9-8-10-14-23;1-10-13(2)15-11-14(18(3,4)5)12-16(17(15)20-9)19(6,7)8;1-14(2)17-12-11-16(19(3,4)5)13-18(17)15-9-7-6-8-10-15/h8-20H,7H2,1-6H3;10-12H,1-9H3;6-14H,1-5H3/p+1/b;13-10-;. The van der Waals surface area contributed by atoms with E-state index in [0.29, 0.717) is 5.92 Å². The van der Waals surface area contributed by atoms with Gasteiger partial charge in [0.1, 0.15) is 5.75 Å². The van der Waals surface area contributed by atoms with Crippen LogP contribution in [0.15, 0.2) is 146 Å². The first-order valence-corrected chi connectivity index (χ1v) is 26.1. The molecule has 0 saturated heterocycles. The molecule has 7 rings (SSSR count). The van der Waals surface area contributed by atoms with Crippen LogP contribution in [0.2, 0.25) is 0 Å². The van der Waals surface area contributed by atoms with Crippen molar-refractivity contribution in [2.24, 2.45) is 0 Å². The summed E-state index contributed by atoms with van der Waals surface area (Å²) in [5.74, 6) is 1.56. The smallest absolute Gasteiger partial charge is 0.211 e. The van der Waals surface area contributed by atoms with Crippen LogP contribution in [0.3, 0.4) is 0 Å². The van der Waals surface area contributed by atoms with Gasteiger partial charge in [0.05, 0.1) is 7.11 Å². The van der Waals surface area contributed by atoms with Gasteiger partial charge in [0, 0.05) is 28.8 Å². The molecule has 1 heterocycles. The summed E-state index contributed by atoms with van der Waals surface area (Å²) in [6.45, 7) is 42.7. The van der Waals surface area contributed by atoms with Gasteiger partial charge < -0.3 is 4.74 Å². The van der Waals surface area contributed by atoms with Crippen molar-refractivity contribution in [2.45, 2.75) is 166 Å². The largest absolute Gasteiger partial charge is 0.496 e. The second-order valence-electron chi connectivity index (χ2n) is 23.9. The van der Waals surface area contributed by atoms with Gasteiger partial charge in [-0.2, -0.15) is 0 Å². The molecular weight excluding hydrogens is 859 g/mol. The van der Waals surface area contributed by atoms with Gasteiger partial charge in [-0.15, -0.1) is 0 Å². The summed E-state index contributed by atoms with van der Waals surface area (Å²) in [6, 6.07) is 48.8. The van der Waals surface area contributed by atoms with E-state index in [2.05, 4.69) is 282 Å². The molecule has 1 N–H and O–H groups in total. The molecule has 0 aliphatic carbocycles. The molecule has 0 unspecified atom stereocenters. The summed E-state index contributed by atoms with van der Waals surface area (Å²) in [5.41, 5.74) is 24.2. The van der Waals surface area contributed by atoms with E-state index in [1.807, 2.05) is 0 Å². The summed E-state index contributed by atoms with van der Waals surface area (Å²) >= 11 is 0. The Morgan fingerprint density at radius 2 is 1.10 bits per heavy atom. The van der Waals surface area contributed by atoms with Gasteiger partial charge in [-0.1, -0.05) is 219 Å². The molecule has 6 aromatic carbocycles. The Hall–Kier alpha value is -5.99. The van der Waals surface area contributed by atoms with E-state index in [4.69, 9.17) is 4.74 Å². The highest BCUT2D eigenvalue weighted by molar-refractivity contribution is 5.81. The zero-order chi connectivity index (χ0) is 52.6. The summed E-state index contributed by atoms with van der Waals surface area (Å²) in [6.07, 6.45) is 5.24. The molecule has 2 nitrogen and oxygen atoms in total. The Kier molecular flexibility index (Phi) is 18.2. The van der Waals surface area contributed by atoms with Gasteiger partial charge in [-0.3, -0.25) is 0 Å². The molecule has 2 heteroatoms. The number of aromatic amines is 1. The van der Waals surface area contributed by atoms with E-state index in [-0.39, 0.29) is 21.7 Å². The predicted octanol–water partition coefficient (Wildman–Crippen LogP) is 19.5. The summed E-state index contributed by atoms with van der Waals surface area (Å²) in [5, 5.41) is 0. The van der Waals surface area contributed by atoms with Crippen LogP contribution in [0.1, 0.15) is 174 Å². The van der Waals surface area contributed by atoms with Gasteiger partial charge >= 0.3 is 0 Å². The minimum atomic E-state index is 0.0600. The van der Waals surface area contributed by atoms with Crippen LogP contribution < -0.4 is 9.72 Å². The monoisotopic (exact) mass is 947 g/mol. The Morgan fingerprint density at radius 3 is 1.62 bits per heavy atom. The quantitative estimate of drug-likeness (QED) is 0.149. The number of pyridine rings is 1. The van der Waals surface area contributed by atoms with E-state index in [1.165, 1.54) is 94.6 Å². The molecule has 0 aliphatic heterocycles. The maximum atomic E-state index is 5.75. The minimum Gasteiger partial charge on any atom is -0.496 e. The molecule has 0 amide bonds. The van der Waals surface area contributed by atoms with E-state index >= 15 is 0 Å². The number of H-pyrrole nitrogens is 1. The molecule has 1 aromatic heterocycles. The third-order valence-electron chi connectivity index (χ3n) is 14.0. The molecule has 0 atom stereocenters. The van der Waals surface area contributed by atoms with Crippen molar-refractivity contribution < 1.29 is 9.72 Å². The number of rotatable bonds is 8. The first-order chi connectivity index (χ1) is 33.2. The van der Waals surface area contributed by atoms with Crippen LogP contribution in [0.5, 0.6) is 5.75 Å². The fourth-order valence-electron chi connectivity index (χ4n) is 9.24. The third-order valence-corrected chi connectivity index (χ3v) is 14.0. The number of methoxy groups -OCH3 is 1. The number of allylic oxidation sites excluding steroid dienone is 2. The minimum absolute atomic E-state index is 0.0600. The van der Waals surface area contributed by atoms with Gasteiger partial charge in [0.25, 0.3) is 0 Å². The van der Waals surface area contributed by atoms with Crippen LogP contribution in [0.4, 0.5) is 0 Å². The highest BCUT2D eigenvalue weighted by Crippen LogP contribution is 2.42. The molecule has 0 fully saturated rings. The maximum absolute atomic E-state index is 5.75. The normalized spacial score (nSPS) is 12.2. The predicted molar refractivity (Wildman–Crippen MR) is 311 cm³/mol. The molecule has 0 radical (unpaired) electrons. The lowest BCUT2D eigenvalue weighted by Gasteiger charge is -2.29. The summed E-state index contributed by atoms with van der Waals surface area (Å²) in [7, 11) is 1.77. The van der Waals surface area contributed by atoms with Crippen molar-refractivity contribution in [3.05, 3.63) is 196 Å². The highest BCUT2D eigenvalue weighted by atomic mass is 16.5. The Bertz CT molecular complexity index is 2900. The number of aryl methyl sites for hydroxylation is 1. The van der Waals surface area contributed by atoms with Gasteiger partial charge in [-0.05, 0) is 152 Å². The van der Waals surface area contributed by atoms with Crippen LogP contribution in [0.25, 0.3) is 50.2 Å². The summed E-state index contributed by atoms with van der Waals surface area (Å²) in [4.78, 5) is 3.53. The number of ether oxygens (including phenoxy) is 1. The second-order valence-corrected chi connectivity index (χ2v) is 23.9. The Balaban J connectivity index is 0.000000209.